The van der Waals surface area contributed by atoms with Gasteiger partial charge in [-0.15, -0.1) is 0 Å². The summed E-state index contributed by atoms with van der Waals surface area (Å²) in [6.45, 7) is 9.80. The molecule has 0 fully saturated rings. The highest BCUT2D eigenvalue weighted by atomic mass is 16.5. The van der Waals surface area contributed by atoms with Gasteiger partial charge in [-0.2, -0.15) is 0 Å². The van der Waals surface area contributed by atoms with E-state index in [0.29, 0.717) is 5.57 Å². The van der Waals surface area contributed by atoms with E-state index in [1.807, 2.05) is 27.7 Å². The average molecular weight is 182 g/mol. The van der Waals surface area contributed by atoms with E-state index in [1.54, 1.807) is 6.92 Å². The van der Waals surface area contributed by atoms with Gasteiger partial charge in [-0.25, -0.2) is 4.79 Å². The topological polar surface area (TPSA) is 26.3 Å². The molecule has 0 atom stereocenters. The number of methoxy groups -OCH3 is 1. The van der Waals surface area contributed by atoms with Crippen LogP contribution in [0.5, 0.6) is 0 Å². The zero-order chi connectivity index (χ0) is 10.6. The summed E-state index contributed by atoms with van der Waals surface area (Å²) in [5.41, 5.74) is 4.07. The van der Waals surface area contributed by atoms with Crippen molar-refractivity contribution in [2.75, 3.05) is 7.11 Å². The van der Waals surface area contributed by atoms with Crippen molar-refractivity contribution in [2.45, 2.75) is 34.6 Å². The van der Waals surface area contributed by atoms with Crippen molar-refractivity contribution in [1.82, 2.24) is 0 Å². The second kappa shape index (κ2) is 4.85. The lowest BCUT2D eigenvalue weighted by Gasteiger charge is -2.08. The van der Waals surface area contributed by atoms with Crippen molar-refractivity contribution in [3.8, 4) is 0 Å². The highest BCUT2D eigenvalue weighted by molar-refractivity contribution is 5.89. The maximum absolute atomic E-state index is 11.2. The van der Waals surface area contributed by atoms with Crippen LogP contribution in [0.3, 0.4) is 0 Å². The maximum Gasteiger partial charge on any atom is 0.333 e. The van der Waals surface area contributed by atoms with Crippen LogP contribution in [0, 0.1) is 0 Å². The van der Waals surface area contributed by atoms with Crippen molar-refractivity contribution in [3.63, 3.8) is 0 Å². The summed E-state index contributed by atoms with van der Waals surface area (Å²) in [5, 5.41) is 0. The van der Waals surface area contributed by atoms with Crippen LogP contribution in [0.2, 0.25) is 0 Å². The molecule has 0 rings (SSSR count). The van der Waals surface area contributed by atoms with Gasteiger partial charge in [-0.1, -0.05) is 5.57 Å². The molecule has 0 aliphatic carbocycles. The zero-order valence-corrected chi connectivity index (χ0v) is 9.32. The highest BCUT2D eigenvalue weighted by Gasteiger charge is 2.08. The van der Waals surface area contributed by atoms with Gasteiger partial charge in [0.1, 0.15) is 0 Å². The molecule has 0 aromatic heterocycles. The fraction of sp³-hybridized carbons (Fsp3) is 0.545. The first-order valence-corrected chi connectivity index (χ1v) is 4.32. The van der Waals surface area contributed by atoms with E-state index in [0.717, 1.165) is 11.1 Å². The molecule has 74 valence electrons. The molecule has 0 bridgehead atoms. The van der Waals surface area contributed by atoms with Crippen molar-refractivity contribution >= 4 is 5.97 Å². The minimum atomic E-state index is -0.252. The zero-order valence-electron chi connectivity index (χ0n) is 9.32. The Morgan fingerprint density at radius 1 is 0.846 bits per heavy atom. The lowest BCUT2D eigenvalue weighted by atomic mass is 10.0. The monoisotopic (exact) mass is 182 g/mol. The quantitative estimate of drug-likeness (QED) is 0.373. The largest absolute Gasteiger partial charge is 0.466 e. The smallest absolute Gasteiger partial charge is 0.333 e. The summed E-state index contributed by atoms with van der Waals surface area (Å²) in [7, 11) is 1.40. The summed E-state index contributed by atoms with van der Waals surface area (Å²) in [5.74, 6) is -0.252. The molecule has 0 unspecified atom stereocenters. The Bertz CT molecular complexity index is 266. The predicted octanol–water partition coefficient (Wildman–Crippen LogP) is 2.85. The number of hydrogen-bond donors (Lipinski definition) is 0. The predicted molar refractivity (Wildman–Crippen MR) is 54.4 cm³/mol. The maximum atomic E-state index is 11.2. The third-order valence-corrected chi connectivity index (χ3v) is 2.37. The molecule has 0 saturated carbocycles. The van der Waals surface area contributed by atoms with E-state index in [4.69, 9.17) is 0 Å². The minimum Gasteiger partial charge on any atom is -0.466 e. The van der Waals surface area contributed by atoms with Gasteiger partial charge >= 0.3 is 5.97 Å². The number of carbonyl (C=O) groups is 1. The molecule has 2 nitrogen and oxygen atoms in total. The second-order valence-electron chi connectivity index (χ2n) is 3.37. The molecule has 13 heavy (non-hydrogen) atoms. The Labute approximate surface area is 80.3 Å². The third-order valence-electron chi connectivity index (χ3n) is 2.37. The van der Waals surface area contributed by atoms with E-state index < -0.39 is 0 Å². The Kier molecular flexibility index (Phi) is 4.46. The van der Waals surface area contributed by atoms with Gasteiger partial charge in [0.05, 0.1) is 7.11 Å². The summed E-state index contributed by atoms with van der Waals surface area (Å²) < 4.78 is 4.64. The van der Waals surface area contributed by atoms with Gasteiger partial charge < -0.3 is 4.74 Å². The number of allylic oxidation sites excluding steroid dienone is 3. The molecule has 0 N–H and O–H groups in total. The van der Waals surface area contributed by atoms with Crippen LogP contribution in [-0.2, 0) is 9.53 Å². The molecule has 0 amide bonds. The normalized spacial score (nSPS) is 11.8. The minimum absolute atomic E-state index is 0.252. The highest BCUT2D eigenvalue weighted by Crippen LogP contribution is 2.17. The molecule has 0 aliphatic rings. The van der Waals surface area contributed by atoms with E-state index in [9.17, 15) is 4.79 Å². The van der Waals surface area contributed by atoms with Gasteiger partial charge in [0.25, 0.3) is 0 Å². The standard InChI is InChI=1S/C11H18O2/c1-7(2)8(3)9(4)10(5)11(12)13-6/h1-6H3/b10-9+. The number of hydrogen-bond acceptors (Lipinski definition) is 2. The van der Waals surface area contributed by atoms with Crippen LogP contribution in [0.4, 0.5) is 0 Å². The Hall–Kier alpha value is -1.05. The first-order valence-electron chi connectivity index (χ1n) is 4.32. The summed E-state index contributed by atoms with van der Waals surface area (Å²) >= 11 is 0. The van der Waals surface area contributed by atoms with Gasteiger partial charge in [-0.05, 0) is 45.8 Å². The van der Waals surface area contributed by atoms with Crippen LogP contribution in [0.25, 0.3) is 0 Å². The van der Waals surface area contributed by atoms with Gasteiger partial charge in [-0.3, -0.25) is 0 Å². The first kappa shape index (κ1) is 11.9. The molecular weight excluding hydrogens is 164 g/mol. The molecule has 0 aromatic carbocycles. The Morgan fingerprint density at radius 2 is 1.31 bits per heavy atom. The number of esters is 1. The molecular formula is C11H18O2. The van der Waals surface area contributed by atoms with Crippen LogP contribution >= 0.6 is 0 Å². The van der Waals surface area contributed by atoms with Gasteiger partial charge in [0, 0.05) is 5.57 Å². The van der Waals surface area contributed by atoms with E-state index in [-0.39, 0.29) is 5.97 Å². The molecule has 0 aromatic rings. The van der Waals surface area contributed by atoms with Gasteiger partial charge in [0.15, 0.2) is 0 Å². The first-order chi connectivity index (χ1) is 5.91. The lowest BCUT2D eigenvalue weighted by molar-refractivity contribution is -0.136. The van der Waals surface area contributed by atoms with E-state index >= 15 is 0 Å². The summed E-state index contributed by atoms with van der Waals surface area (Å²) in [6.07, 6.45) is 0. The molecule has 0 heterocycles. The Morgan fingerprint density at radius 3 is 1.62 bits per heavy atom. The van der Waals surface area contributed by atoms with Crippen LogP contribution in [0.1, 0.15) is 34.6 Å². The van der Waals surface area contributed by atoms with Crippen molar-refractivity contribution in [2.24, 2.45) is 0 Å². The molecule has 0 spiro atoms. The van der Waals surface area contributed by atoms with Crippen molar-refractivity contribution < 1.29 is 9.53 Å². The van der Waals surface area contributed by atoms with Crippen molar-refractivity contribution in [3.05, 3.63) is 22.3 Å². The number of carbonyl (C=O) groups excluding carboxylic acids is 1. The fourth-order valence-electron chi connectivity index (χ4n) is 0.962. The lowest BCUT2D eigenvalue weighted by Crippen LogP contribution is -2.04. The average Bonchev–Trinajstić information content (AvgIpc) is 2.12. The van der Waals surface area contributed by atoms with Crippen LogP contribution < -0.4 is 0 Å². The van der Waals surface area contributed by atoms with Crippen molar-refractivity contribution in [1.29, 1.82) is 0 Å². The van der Waals surface area contributed by atoms with E-state index in [2.05, 4.69) is 4.74 Å². The molecule has 0 saturated heterocycles. The van der Waals surface area contributed by atoms with Crippen LogP contribution in [0.15, 0.2) is 22.3 Å². The summed E-state index contributed by atoms with van der Waals surface area (Å²) in [6, 6.07) is 0. The van der Waals surface area contributed by atoms with Crippen LogP contribution in [-0.4, -0.2) is 13.1 Å². The fourth-order valence-corrected chi connectivity index (χ4v) is 0.962. The Balaban J connectivity index is 5.05. The second-order valence-corrected chi connectivity index (χ2v) is 3.37. The van der Waals surface area contributed by atoms with Gasteiger partial charge in [0.2, 0.25) is 0 Å². The summed E-state index contributed by atoms with van der Waals surface area (Å²) in [4.78, 5) is 11.2. The number of rotatable bonds is 2. The number of ether oxygens (including phenoxy) is 1. The van der Waals surface area contributed by atoms with E-state index in [1.165, 1.54) is 12.7 Å². The third kappa shape index (κ3) is 3.05. The molecule has 2 heteroatoms. The molecule has 0 radical (unpaired) electrons. The molecule has 0 aliphatic heterocycles. The SMILES string of the molecule is COC(=O)/C(C)=C(\C)C(C)=C(C)C.